The molecule has 0 saturated carbocycles. The molecule has 0 bridgehead atoms. The van der Waals surface area contributed by atoms with Crippen LogP contribution in [0, 0.1) is 0 Å². The zero-order chi connectivity index (χ0) is 94.2. The van der Waals surface area contributed by atoms with Crippen molar-refractivity contribution in [2.75, 3.05) is 0 Å². The number of hydrogen-bond acceptors (Lipinski definition) is 12. The number of aromatic nitrogens is 10. The Labute approximate surface area is 831 Å². The van der Waals surface area contributed by atoms with E-state index in [0.29, 0.717) is 23.3 Å². The van der Waals surface area contributed by atoms with Gasteiger partial charge in [0.05, 0.1) is 58.8 Å². The van der Waals surface area contributed by atoms with Gasteiger partial charge in [-0.3, -0.25) is 0 Å². The van der Waals surface area contributed by atoms with Gasteiger partial charge in [-0.1, -0.05) is 425 Å². The maximum Gasteiger partial charge on any atom is 0.164 e. The van der Waals surface area contributed by atoms with E-state index < -0.39 is 0 Å². The van der Waals surface area contributed by atoms with Crippen molar-refractivity contribution in [3.63, 3.8) is 0 Å². The van der Waals surface area contributed by atoms with E-state index in [1.54, 1.807) is 34.0 Å². The number of hydrogen-bond donors (Lipinski definition) is 0. The van der Waals surface area contributed by atoms with Gasteiger partial charge in [0, 0.05) is 96.8 Å². The van der Waals surface area contributed by atoms with Gasteiger partial charge >= 0.3 is 0 Å². The molecule has 0 aliphatic heterocycles. The highest BCUT2D eigenvalue weighted by Gasteiger charge is 2.25. The summed E-state index contributed by atoms with van der Waals surface area (Å²) in [6, 6.07) is 174. The second kappa shape index (κ2) is 37.8. The van der Waals surface area contributed by atoms with Crippen molar-refractivity contribution in [1.29, 1.82) is 0 Å². The Balaban J connectivity index is 0.000000112. The highest BCUT2D eigenvalue weighted by atomic mass is 32.1. The van der Waals surface area contributed by atoms with Crippen LogP contribution in [0.3, 0.4) is 0 Å². The van der Waals surface area contributed by atoms with Crippen molar-refractivity contribution in [3.05, 3.63) is 497 Å². The molecule has 8 aromatic heterocycles. The summed E-state index contributed by atoms with van der Waals surface area (Å²) in [5, 5.41) is 5.96. The minimum atomic E-state index is 0.622. The zero-order valence-corrected chi connectivity index (χ0v) is 79.0. The number of nitrogens with zero attached hydrogens (tertiary/aromatic N) is 10. The first-order valence-corrected chi connectivity index (χ1v) is 49.8. The first-order valence-electron chi connectivity index (χ1n) is 47.3. The molecule has 0 radical (unpaired) electrons. The van der Waals surface area contributed by atoms with Crippen molar-refractivity contribution in [3.8, 4) is 175 Å². The first kappa shape index (κ1) is 85.5. The number of para-hydroxylation sites is 2. The number of rotatable bonds is 16. The van der Waals surface area contributed by atoms with Gasteiger partial charge in [0.25, 0.3) is 0 Å². The molecule has 0 spiro atoms. The lowest BCUT2D eigenvalue weighted by Crippen LogP contribution is -2.00. The summed E-state index contributed by atoms with van der Waals surface area (Å²) in [6.45, 7) is 0. The van der Waals surface area contributed by atoms with Crippen LogP contribution in [0.25, 0.3) is 257 Å². The van der Waals surface area contributed by atoms with E-state index in [-0.39, 0.29) is 0 Å². The van der Waals surface area contributed by atoms with Crippen molar-refractivity contribution in [1.82, 2.24) is 49.4 Å². The lowest BCUT2D eigenvalue weighted by molar-refractivity contribution is 1.07. The van der Waals surface area contributed by atoms with Crippen LogP contribution >= 0.6 is 34.0 Å². The van der Waals surface area contributed by atoms with Crippen LogP contribution in [0.5, 0.6) is 0 Å². The molecule has 0 aliphatic rings. The third-order valence-corrected chi connectivity index (χ3v) is 29.6. The summed E-state index contributed by atoms with van der Waals surface area (Å²) >= 11 is 5.27. The molecule has 0 saturated heterocycles. The summed E-state index contributed by atoms with van der Waals surface area (Å²) in [5.74, 6) is 4.06. The van der Waals surface area contributed by atoms with Crippen molar-refractivity contribution >= 4 is 117 Å². The maximum atomic E-state index is 5.27. The Bertz CT molecular complexity index is 9330. The standard InChI is InChI=1S/C46H30N2S.C43H27N5S.C40H25N3S/c1-3-11-31(12-4-1)33-21-23-35(24-22-33)37-15-9-16-38(29-37)39-17-10-18-40(30-39)46-47-43(45-44(48-46)41-19-7-8-20-42(41)49-45)36-27-25-34(26-28-36)32-13-5-2-6-14-32;1-4-14-28(15-5-1)37-39-38(35-24-10-11-25-36(35)49-39)45-42(44-37)33-22-12-20-31(26-33)32-21-13-23-34(27-32)43-47-40(29-16-6-2-7-17-29)46-41(48-43)30-18-8-3-9-19-30;1-3-13-26(14-4-1)37-39-38(32-20-8-10-24-35(32)44-39)42-40(41-37)28-16-11-15-27(25-28)30-21-12-23-34-36(30)31-19-7-9-22-33(31)43(34)29-17-5-2-6-18-29/h1-30H;1-27H;1-25H. The van der Waals surface area contributed by atoms with E-state index in [0.717, 1.165) is 154 Å². The van der Waals surface area contributed by atoms with Gasteiger partial charge in [-0.25, -0.2) is 44.9 Å². The summed E-state index contributed by atoms with van der Waals surface area (Å²) in [6.07, 6.45) is 0. The molecule has 0 amide bonds. The maximum absolute atomic E-state index is 5.27. The van der Waals surface area contributed by atoms with Gasteiger partial charge in [0.2, 0.25) is 0 Å². The molecular weight excluding hydrogens is 1790 g/mol. The van der Waals surface area contributed by atoms with Crippen LogP contribution in [-0.2, 0) is 0 Å². The Morgan fingerprint density at radius 3 is 0.782 bits per heavy atom. The van der Waals surface area contributed by atoms with Gasteiger partial charge in [-0.05, 0) is 140 Å². The molecule has 0 fully saturated rings. The van der Waals surface area contributed by atoms with E-state index in [9.17, 15) is 0 Å². The molecule has 0 atom stereocenters. The van der Waals surface area contributed by atoms with Crippen LogP contribution in [0.15, 0.2) is 497 Å². The lowest BCUT2D eigenvalue weighted by atomic mass is 9.96. The molecule has 0 unspecified atom stereocenters. The Kier molecular flexibility index (Phi) is 22.7. The minimum Gasteiger partial charge on any atom is -0.309 e. The lowest BCUT2D eigenvalue weighted by Gasteiger charge is -2.11. The van der Waals surface area contributed by atoms with Crippen molar-refractivity contribution in [2.24, 2.45) is 0 Å². The summed E-state index contributed by atoms with van der Waals surface area (Å²) < 4.78 is 9.34. The fourth-order valence-electron chi connectivity index (χ4n) is 19.1. The largest absolute Gasteiger partial charge is 0.309 e. The summed E-state index contributed by atoms with van der Waals surface area (Å²) in [5.41, 5.74) is 32.4. The fourth-order valence-corrected chi connectivity index (χ4v) is 22.6. The second-order valence-corrected chi connectivity index (χ2v) is 38.1. The zero-order valence-electron chi connectivity index (χ0n) is 76.5. The predicted octanol–water partition coefficient (Wildman–Crippen LogP) is 34.8. The second-order valence-electron chi connectivity index (χ2n) is 35.0. The van der Waals surface area contributed by atoms with Crippen LogP contribution in [-0.4, -0.2) is 49.4 Å². The number of thiophene rings is 3. The molecule has 27 rings (SSSR count). The van der Waals surface area contributed by atoms with E-state index in [4.69, 9.17) is 44.9 Å². The quantitative estimate of drug-likeness (QED) is 0.0931. The van der Waals surface area contributed by atoms with Gasteiger partial charge in [-0.2, -0.15) is 0 Å². The van der Waals surface area contributed by atoms with Crippen molar-refractivity contribution < 1.29 is 0 Å². The summed E-state index contributed by atoms with van der Waals surface area (Å²) in [4.78, 5) is 46.0. The van der Waals surface area contributed by atoms with Gasteiger partial charge in [-0.15, -0.1) is 34.0 Å². The van der Waals surface area contributed by atoms with Crippen LogP contribution in [0.1, 0.15) is 0 Å². The molecular formula is C129H82N10S3. The molecule has 27 aromatic rings. The van der Waals surface area contributed by atoms with E-state index in [1.807, 2.05) is 72.8 Å². The average molecular weight is 1870 g/mol. The number of fused-ring (bicyclic) bond motifs is 12. The molecule has 19 aromatic carbocycles. The third-order valence-electron chi connectivity index (χ3n) is 26.1. The molecule has 142 heavy (non-hydrogen) atoms. The van der Waals surface area contributed by atoms with Crippen LogP contribution < -0.4 is 0 Å². The van der Waals surface area contributed by atoms with Crippen molar-refractivity contribution in [2.45, 2.75) is 0 Å². The fraction of sp³-hybridized carbons (Fsp3) is 0. The van der Waals surface area contributed by atoms with Crippen LogP contribution in [0.2, 0.25) is 0 Å². The normalized spacial score (nSPS) is 11.4. The van der Waals surface area contributed by atoms with E-state index >= 15 is 0 Å². The predicted molar refractivity (Wildman–Crippen MR) is 594 cm³/mol. The molecule has 0 aliphatic carbocycles. The van der Waals surface area contributed by atoms with E-state index in [1.165, 1.54) is 80.2 Å². The van der Waals surface area contributed by atoms with E-state index in [2.05, 4.69) is 429 Å². The molecule has 0 N–H and O–H groups in total. The van der Waals surface area contributed by atoms with Gasteiger partial charge < -0.3 is 4.57 Å². The highest BCUT2D eigenvalue weighted by molar-refractivity contribution is 7.27. The number of benzene rings is 19. The SMILES string of the molecule is c1ccc(-c2ccc(-c3cccc(-c4cccc(-c5nc(-c6ccc(-c7ccccc7)cc6)c6sc7ccccc7c6n5)c4)c3)cc2)cc1.c1ccc(-c2nc(-c3cccc(-c4cccc5c4c4ccccc4n5-c4ccccc4)c3)nc3c2sc2ccccc23)cc1.c1ccc(-c2nc(-c3ccccc3)nc(-c3cccc(-c4cccc(-c5nc(-c6ccccc6)c6sc7ccccc7c6n5)c4)c3)n2)cc1. The first-order chi connectivity index (χ1) is 70.4. The smallest absolute Gasteiger partial charge is 0.164 e. The highest BCUT2D eigenvalue weighted by Crippen LogP contribution is 2.47. The Morgan fingerprint density at radius 2 is 0.394 bits per heavy atom. The van der Waals surface area contributed by atoms with Gasteiger partial charge in [0.1, 0.15) is 0 Å². The topological polar surface area (TPSA) is 121 Å². The third kappa shape index (κ3) is 16.8. The monoisotopic (exact) mass is 1870 g/mol. The molecule has 666 valence electrons. The Morgan fingerprint density at radius 1 is 0.155 bits per heavy atom. The molecule has 10 nitrogen and oxygen atoms in total. The van der Waals surface area contributed by atoms with Crippen LogP contribution in [0.4, 0.5) is 0 Å². The average Bonchev–Trinajstić information content (AvgIpc) is 1.58. The Hall–Kier alpha value is -18.1. The molecule has 8 heterocycles. The molecule has 13 heteroatoms. The minimum absolute atomic E-state index is 0.622. The summed E-state index contributed by atoms with van der Waals surface area (Å²) in [7, 11) is 0. The van der Waals surface area contributed by atoms with Gasteiger partial charge in [0.15, 0.2) is 34.9 Å².